The van der Waals surface area contributed by atoms with Gasteiger partial charge in [0.15, 0.2) is 0 Å². The SMILES string of the molecule is Nc1cc([As](=O)([O-])O)ccc1NCCO.[Na+]. The number of nitrogens with two attached hydrogens (primary N) is 1. The predicted molar refractivity (Wildman–Crippen MR) is 54.7 cm³/mol. The first-order valence-electron chi connectivity index (χ1n) is 4.24. The molecule has 0 amide bonds. The summed E-state index contributed by atoms with van der Waals surface area (Å²) in [7, 11) is 0. The Kier molecular flexibility index (Phi) is 6.74. The molecular weight excluding hydrogens is 286 g/mol. The molecule has 0 saturated carbocycles. The fourth-order valence-electron chi connectivity index (χ4n) is 1.08. The van der Waals surface area contributed by atoms with Gasteiger partial charge in [0.25, 0.3) is 0 Å². The molecule has 0 fully saturated rings. The van der Waals surface area contributed by atoms with Crippen LogP contribution in [0.4, 0.5) is 11.4 Å². The molecule has 84 valence electrons. The first-order valence-corrected chi connectivity index (χ1v) is 7.54. The Hall–Kier alpha value is 0.0584. The molecule has 1 rings (SSSR count). The molecule has 0 heterocycles. The van der Waals surface area contributed by atoms with Crippen molar-refractivity contribution in [1.82, 2.24) is 0 Å². The maximum Gasteiger partial charge on any atom is 1.00 e. The summed E-state index contributed by atoms with van der Waals surface area (Å²) in [6, 6.07) is 3.90. The van der Waals surface area contributed by atoms with E-state index in [9.17, 15) is 7.84 Å². The van der Waals surface area contributed by atoms with Crippen LogP contribution in [-0.2, 0) is 3.74 Å². The Morgan fingerprint density at radius 3 is 2.56 bits per heavy atom. The Balaban J connectivity index is 0.00000225. The molecule has 0 aliphatic rings. The normalized spacial score (nSPS) is 13.7. The molecule has 0 spiro atoms. The zero-order valence-electron chi connectivity index (χ0n) is 8.88. The molecule has 0 saturated heterocycles. The molecule has 0 aliphatic carbocycles. The first kappa shape index (κ1) is 16.1. The van der Waals surface area contributed by atoms with Crippen LogP contribution in [0.15, 0.2) is 18.2 Å². The molecule has 5 N–H and O–H groups in total. The van der Waals surface area contributed by atoms with Crippen molar-refractivity contribution in [2.75, 3.05) is 24.2 Å². The largest absolute Gasteiger partial charge is 1.00 e. The van der Waals surface area contributed by atoms with E-state index in [1.54, 1.807) is 0 Å². The molecule has 6 nitrogen and oxygen atoms in total. The fourth-order valence-corrected chi connectivity index (χ4v) is 2.26. The summed E-state index contributed by atoms with van der Waals surface area (Å²) >= 11 is -5.11. The summed E-state index contributed by atoms with van der Waals surface area (Å²) in [5.41, 5.74) is 6.29. The molecule has 0 aromatic heterocycles. The number of nitrogens with one attached hydrogen (secondary N) is 1. The number of anilines is 2. The summed E-state index contributed by atoms with van der Waals surface area (Å²) < 4.78 is 30.3. The number of rotatable bonds is 4. The molecule has 0 aliphatic heterocycles. The van der Waals surface area contributed by atoms with E-state index in [0.29, 0.717) is 12.2 Å². The van der Waals surface area contributed by atoms with Gasteiger partial charge in [-0.05, 0) is 0 Å². The van der Waals surface area contributed by atoms with Gasteiger partial charge in [-0.25, -0.2) is 0 Å². The summed E-state index contributed by atoms with van der Waals surface area (Å²) in [6.45, 7) is 0.272. The van der Waals surface area contributed by atoms with E-state index in [1.165, 1.54) is 18.2 Å². The van der Waals surface area contributed by atoms with Crippen LogP contribution in [0.3, 0.4) is 0 Å². The minimum absolute atomic E-state index is 0. The zero-order chi connectivity index (χ0) is 11.5. The van der Waals surface area contributed by atoms with Crippen LogP contribution in [-0.4, -0.2) is 36.5 Å². The smallest absolute Gasteiger partial charge is 1.00 e. The van der Waals surface area contributed by atoms with Crippen molar-refractivity contribution < 1.29 is 46.6 Å². The monoisotopic (exact) mass is 298 g/mol. The van der Waals surface area contributed by atoms with E-state index in [-0.39, 0.29) is 46.2 Å². The Bertz CT molecular complexity index is 396. The average molecular weight is 298 g/mol. The summed E-state index contributed by atoms with van der Waals surface area (Å²) in [5, 5.41) is 11.4. The molecule has 0 radical (unpaired) electrons. The molecular formula is C8H12AsN2NaO4. The number of aliphatic hydroxyl groups excluding tert-OH is 1. The van der Waals surface area contributed by atoms with Gasteiger partial charge in [0.1, 0.15) is 0 Å². The molecule has 1 aromatic carbocycles. The fraction of sp³-hybridized carbons (Fsp3) is 0.250. The molecule has 1 aromatic rings. The molecule has 8 heteroatoms. The summed E-state index contributed by atoms with van der Waals surface area (Å²) in [4.78, 5) is 0. The van der Waals surface area contributed by atoms with Crippen molar-refractivity contribution in [1.29, 1.82) is 0 Å². The summed E-state index contributed by atoms with van der Waals surface area (Å²) in [5.74, 6) is 0. The van der Waals surface area contributed by atoms with Gasteiger partial charge in [-0.2, -0.15) is 0 Å². The zero-order valence-corrected chi connectivity index (χ0v) is 12.8. The Morgan fingerprint density at radius 1 is 1.50 bits per heavy atom. The maximum absolute atomic E-state index is 10.8. The predicted octanol–water partition coefficient (Wildman–Crippen LogP) is -5.39. The van der Waals surface area contributed by atoms with E-state index in [0.717, 1.165) is 0 Å². The van der Waals surface area contributed by atoms with Gasteiger partial charge in [-0.15, -0.1) is 0 Å². The van der Waals surface area contributed by atoms with Crippen molar-refractivity contribution in [3.8, 4) is 0 Å². The van der Waals surface area contributed by atoms with E-state index in [4.69, 9.17) is 14.9 Å². The van der Waals surface area contributed by atoms with Crippen LogP contribution in [0.2, 0.25) is 0 Å². The minimum Gasteiger partial charge on any atom is 1.00 e. The van der Waals surface area contributed by atoms with Crippen LogP contribution in [0.1, 0.15) is 0 Å². The van der Waals surface area contributed by atoms with Crippen molar-refractivity contribution in [3.63, 3.8) is 0 Å². The molecule has 1 unspecified atom stereocenters. The second-order valence-corrected chi connectivity index (χ2v) is 6.21. The van der Waals surface area contributed by atoms with Gasteiger partial charge in [0, 0.05) is 0 Å². The number of nitrogen functional groups attached to an aromatic ring is 1. The van der Waals surface area contributed by atoms with Crippen molar-refractivity contribution in [3.05, 3.63) is 18.2 Å². The van der Waals surface area contributed by atoms with Gasteiger partial charge in [0.2, 0.25) is 0 Å². The topological polar surface area (TPSA) is 119 Å². The van der Waals surface area contributed by atoms with Gasteiger partial charge < -0.3 is 0 Å². The van der Waals surface area contributed by atoms with Crippen LogP contribution in [0.25, 0.3) is 0 Å². The first-order chi connectivity index (χ1) is 6.95. The minimum atomic E-state index is -5.11. The van der Waals surface area contributed by atoms with Crippen molar-refractivity contribution in [2.24, 2.45) is 0 Å². The summed E-state index contributed by atoms with van der Waals surface area (Å²) in [6.07, 6.45) is 0. The number of hydrogen-bond donors (Lipinski definition) is 4. The second-order valence-electron chi connectivity index (χ2n) is 2.94. The van der Waals surface area contributed by atoms with Gasteiger partial charge in [-0.1, -0.05) is 0 Å². The van der Waals surface area contributed by atoms with Crippen LogP contribution in [0, 0.1) is 0 Å². The second kappa shape index (κ2) is 6.71. The van der Waals surface area contributed by atoms with E-state index >= 15 is 0 Å². The Labute approximate surface area is 118 Å². The maximum atomic E-state index is 10.8. The van der Waals surface area contributed by atoms with Gasteiger partial charge >= 0.3 is 119 Å². The van der Waals surface area contributed by atoms with Crippen molar-refractivity contribution >= 4 is 29.9 Å². The quantitative estimate of drug-likeness (QED) is 0.325. The van der Waals surface area contributed by atoms with Crippen LogP contribution >= 0.6 is 0 Å². The third-order valence-electron chi connectivity index (χ3n) is 1.79. The number of benzene rings is 1. The Morgan fingerprint density at radius 2 is 2.12 bits per heavy atom. The standard InChI is InChI=1S/C8H13AsN2O4.Na/c10-7-5-6(9(13,14)15)1-2-8(7)11-3-4-12;/h1-2,5,11-12H,3-4,10H2,(H2,13,14,15);/q;+1/p-1. The van der Waals surface area contributed by atoms with Crippen LogP contribution in [0.5, 0.6) is 0 Å². The third-order valence-corrected chi connectivity index (χ3v) is 3.74. The number of aliphatic hydroxyl groups is 1. The molecule has 16 heavy (non-hydrogen) atoms. The van der Waals surface area contributed by atoms with Gasteiger partial charge in [-0.3, -0.25) is 0 Å². The molecule has 0 bridgehead atoms. The van der Waals surface area contributed by atoms with Crippen LogP contribution < -0.4 is 49.1 Å². The van der Waals surface area contributed by atoms with E-state index in [1.807, 2.05) is 0 Å². The number of hydrogen-bond acceptors (Lipinski definition) is 5. The van der Waals surface area contributed by atoms with E-state index in [2.05, 4.69) is 5.32 Å². The van der Waals surface area contributed by atoms with E-state index < -0.39 is 14.2 Å². The van der Waals surface area contributed by atoms with Crippen molar-refractivity contribution in [2.45, 2.75) is 0 Å². The molecule has 1 atom stereocenters. The van der Waals surface area contributed by atoms with Gasteiger partial charge in [0.05, 0.1) is 0 Å². The average Bonchev–Trinajstić information content (AvgIpc) is 2.14. The third kappa shape index (κ3) is 4.51.